The number of hydrazine groups is 3. The topological polar surface area (TPSA) is 52.3 Å². The number of likely N-dealkylation sites (tertiary alicyclic amines) is 1. The summed E-state index contributed by atoms with van der Waals surface area (Å²) in [5.41, 5.74) is 11.5. The molecule has 0 aliphatic carbocycles. The summed E-state index contributed by atoms with van der Waals surface area (Å²) in [6.45, 7) is 9.51. The Balaban J connectivity index is 1.07. The maximum absolute atomic E-state index is 3.86. The Kier molecular flexibility index (Phi) is 8.99. The van der Waals surface area contributed by atoms with Gasteiger partial charge in [-0.2, -0.15) is 0 Å². The van der Waals surface area contributed by atoms with E-state index in [4.69, 9.17) is 0 Å². The molecule has 0 aromatic carbocycles. The predicted molar refractivity (Wildman–Crippen MR) is 127 cm³/mol. The molecule has 4 aliphatic rings. The largest absolute Gasteiger partial charge is 0.306 e. The van der Waals surface area contributed by atoms with Crippen LogP contribution in [-0.4, -0.2) is 122 Å². The molecular weight excluding hydrogens is 388 g/mol. The van der Waals surface area contributed by atoms with Crippen molar-refractivity contribution in [2.24, 2.45) is 0 Å². The number of nitrogens with one attached hydrogen (secondary N) is 3. The molecule has 8 heteroatoms. The summed E-state index contributed by atoms with van der Waals surface area (Å²) in [6, 6.07) is 2.73. The van der Waals surface area contributed by atoms with Crippen LogP contribution in [-0.2, 0) is 0 Å². The molecule has 180 valence electrons. The van der Waals surface area contributed by atoms with Crippen LogP contribution in [0.25, 0.3) is 0 Å². The van der Waals surface area contributed by atoms with Crippen LogP contribution in [0.3, 0.4) is 0 Å². The molecule has 8 nitrogen and oxygen atoms in total. The fourth-order valence-electron chi connectivity index (χ4n) is 5.70. The summed E-state index contributed by atoms with van der Waals surface area (Å²) < 4.78 is 0. The van der Waals surface area contributed by atoms with E-state index < -0.39 is 0 Å². The summed E-state index contributed by atoms with van der Waals surface area (Å²) in [5.74, 6) is 0. The molecule has 0 radical (unpaired) electrons. The van der Waals surface area contributed by atoms with Gasteiger partial charge >= 0.3 is 0 Å². The third-order valence-electron chi connectivity index (χ3n) is 8.00. The van der Waals surface area contributed by atoms with Gasteiger partial charge in [0, 0.05) is 63.4 Å². The second kappa shape index (κ2) is 11.7. The summed E-state index contributed by atoms with van der Waals surface area (Å²) in [6.07, 6.45) is 10.1. The highest BCUT2D eigenvalue weighted by molar-refractivity contribution is 4.82. The van der Waals surface area contributed by atoms with Crippen LogP contribution in [0.2, 0.25) is 0 Å². The van der Waals surface area contributed by atoms with Gasteiger partial charge < -0.3 is 9.80 Å². The number of nitrogens with zero attached hydrogens (tertiary/aromatic N) is 5. The van der Waals surface area contributed by atoms with E-state index in [1.807, 2.05) is 0 Å². The van der Waals surface area contributed by atoms with Crippen molar-refractivity contribution in [1.29, 1.82) is 0 Å². The van der Waals surface area contributed by atoms with E-state index >= 15 is 0 Å². The maximum atomic E-state index is 3.86. The predicted octanol–water partition coefficient (Wildman–Crippen LogP) is 0.549. The highest BCUT2D eigenvalue weighted by atomic mass is 15.6. The molecule has 4 heterocycles. The van der Waals surface area contributed by atoms with Gasteiger partial charge in [-0.25, -0.2) is 15.0 Å². The Morgan fingerprint density at radius 2 is 0.839 bits per heavy atom. The number of hydrogen-bond acceptors (Lipinski definition) is 8. The van der Waals surface area contributed by atoms with Crippen molar-refractivity contribution in [3.05, 3.63) is 0 Å². The molecular formula is C23H48N8. The lowest BCUT2D eigenvalue weighted by Crippen LogP contribution is -2.58. The first kappa shape index (κ1) is 23.8. The molecule has 31 heavy (non-hydrogen) atoms. The van der Waals surface area contributed by atoms with E-state index in [-0.39, 0.29) is 0 Å². The molecule has 4 saturated heterocycles. The molecule has 0 aromatic heterocycles. The standard InChI is InChI=1S/C23H48N8/c1-27(2)23-10-18-31(19-11-23)26-22-8-16-30(17-9-22)25-21-6-14-29(15-7-21)24-20-4-12-28(3)13-5-20/h20-26H,4-19H2,1-3H3. The minimum absolute atomic E-state index is 0.644. The Bertz CT molecular complexity index is 500. The van der Waals surface area contributed by atoms with Gasteiger partial charge in [0.05, 0.1) is 0 Å². The second-order valence-corrected chi connectivity index (χ2v) is 10.7. The Hall–Kier alpha value is -0.320. The lowest BCUT2D eigenvalue weighted by Gasteiger charge is -2.42. The third kappa shape index (κ3) is 7.33. The summed E-state index contributed by atoms with van der Waals surface area (Å²) >= 11 is 0. The minimum atomic E-state index is 0.644. The second-order valence-electron chi connectivity index (χ2n) is 10.7. The van der Waals surface area contributed by atoms with Crippen LogP contribution in [0.4, 0.5) is 0 Å². The van der Waals surface area contributed by atoms with Crippen molar-refractivity contribution in [1.82, 2.24) is 41.1 Å². The summed E-state index contributed by atoms with van der Waals surface area (Å²) in [7, 11) is 6.67. The van der Waals surface area contributed by atoms with Crippen molar-refractivity contribution in [2.75, 3.05) is 73.5 Å². The smallest absolute Gasteiger partial charge is 0.0240 e. The Morgan fingerprint density at radius 3 is 1.19 bits per heavy atom. The van der Waals surface area contributed by atoms with Gasteiger partial charge in [-0.3, -0.25) is 16.3 Å². The van der Waals surface area contributed by atoms with Gasteiger partial charge in [0.1, 0.15) is 0 Å². The highest BCUT2D eigenvalue weighted by Gasteiger charge is 2.27. The van der Waals surface area contributed by atoms with Gasteiger partial charge in [0.25, 0.3) is 0 Å². The SMILES string of the molecule is CN1CCC(NN2CCC(NN3CCC(NN4CCC(N(C)C)CC4)CC3)CC2)CC1. The first-order chi connectivity index (χ1) is 15.0. The highest BCUT2D eigenvalue weighted by Crippen LogP contribution is 2.17. The fraction of sp³-hybridized carbons (Fsp3) is 1.00. The van der Waals surface area contributed by atoms with Crippen molar-refractivity contribution in [3.8, 4) is 0 Å². The van der Waals surface area contributed by atoms with Crippen LogP contribution in [0.15, 0.2) is 0 Å². The van der Waals surface area contributed by atoms with Gasteiger partial charge in [-0.1, -0.05) is 0 Å². The van der Waals surface area contributed by atoms with Gasteiger partial charge in [-0.15, -0.1) is 0 Å². The quantitative estimate of drug-likeness (QED) is 0.535. The van der Waals surface area contributed by atoms with Crippen LogP contribution in [0.5, 0.6) is 0 Å². The fourth-order valence-corrected chi connectivity index (χ4v) is 5.70. The van der Waals surface area contributed by atoms with Crippen molar-refractivity contribution in [2.45, 2.75) is 75.5 Å². The van der Waals surface area contributed by atoms with E-state index in [9.17, 15) is 0 Å². The zero-order valence-corrected chi connectivity index (χ0v) is 20.4. The Morgan fingerprint density at radius 1 is 0.516 bits per heavy atom. The molecule has 4 fully saturated rings. The molecule has 0 amide bonds. The van der Waals surface area contributed by atoms with Gasteiger partial charge in [0.2, 0.25) is 0 Å². The molecule has 3 N–H and O–H groups in total. The Labute approximate surface area is 190 Å². The zero-order valence-electron chi connectivity index (χ0n) is 20.4. The zero-order chi connectivity index (χ0) is 21.6. The van der Waals surface area contributed by atoms with Crippen molar-refractivity contribution >= 4 is 0 Å². The van der Waals surface area contributed by atoms with Crippen LogP contribution >= 0.6 is 0 Å². The number of rotatable bonds is 7. The molecule has 0 bridgehead atoms. The van der Waals surface area contributed by atoms with E-state index in [2.05, 4.69) is 62.2 Å². The molecule has 0 aromatic rings. The van der Waals surface area contributed by atoms with E-state index in [0.717, 1.165) is 6.04 Å². The average Bonchev–Trinajstić information content (AvgIpc) is 2.78. The summed E-state index contributed by atoms with van der Waals surface area (Å²) in [4.78, 5) is 4.83. The lowest BCUT2D eigenvalue weighted by molar-refractivity contribution is 0.0355. The first-order valence-electron chi connectivity index (χ1n) is 12.9. The average molecular weight is 437 g/mol. The summed E-state index contributed by atoms with van der Waals surface area (Å²) in [5, 5.41) is 7.48. The van der Waals surface area contributed by atoms with Crippen molar-refractivity contribution in [3.63, 3.8) is 0 Å². The minimum Gasteiger partial charge on any atom is -0.306 e. The van der Waals surface area contributed by atoms with Crippen LogP contribution in [0.1, 0.15) is 51.4 Å². The third-order valence-corrected chi connectivity index (χ3v) is 8.00. The van der Waals surface area contributed by atoms with Crippen LogP contribution < -0.4 is 16.3 Å². The lowest BCUT2D eigenvalue weighted by atomic mass is 10.0. The normalized spacial score (nSPS) is 28.6. The molecule has 4 aliphatic heterocycles. The van der Waals surface area contributed by atoms with E-state index in [1.54, 1.807) is 0 Å². The number of hydrogen-bond donors (Lipinski definition) is 3. The monoisotopic (exact) mass is 436 g/mol. The van der Waals surface area contributed by atoms with Gasteiger partial charge in [-0.05, 0) is 85.6 Å². The van der Waals surface area contributed by atoms with E-state index in [1.165, 1.54) is 104 Å². The molecule has 0 saturated carbocycles. The molecule has 4 rings (SSSR count). The number of piperidine rings is 4. The van der Waals surface area contributed by atoms with Crippen LogP contribution in [0, 0.1) is 0 Å². The molecule has 0 spiro atoms. The van der Waals surface area contributed by atoms with Crippen molar-refractivity contribution < 1.29 is 0 Å². The molecule has 0 atom stereocenters. The van der Waals surface area contributed by atoms with Gasteiger partial charge in [0.15, 0.2) is 0 Å². The first-order valence-corrected chi connectivity index (χ1v) is 12.9. The van der Waals surface area contributed by atoms with E-state index in [0.29, 0.717) is 18.1 Å². The maximum Gasteiger partial charge on any atom is 0.0240 e. The molecule has 0 unspecified atom stereocenters.